The highest BCUT2D eigenvalue weighted by Gasteiger charge is 2.20. The number of aromatic amines is 1. The van der Waals surface area contributed by atoms with Crippen LogP contribution in [0.2, 0.25) is 0 Å². The van der Waals surface area contributed by atoms with Crippen LogP contribution in [0.25, 0.3) is 0 Å². The van der Waals surface area contributed by atoms with Crippen molar-refractivity contribution in [2.24, 2.45) is 0 Å². The lowest BCUT2D eigenvalue weighted by molar-refractivity contribution is 0.414. The third-order valence-electron chi connectivity index (χ3n) is 4.52. The molecule has 0 aliphatic carbocycles. The number of rotatable bonds is 7. The molecule has 1 saturated heterocycles. The minimum absolute atomic E-state index is 0.311. The highest BCUT2D eigenvalue weighted by Crippen LogP contribution is 2.19. The van der Waals surface area contributed by atoms with Crippen LogP contribution in [0, 0.1) is 6.92 Å². The third-order valence-corrected chi connectivity index (χ3v) is 4.52. The van der Waals surface area contributed by atoms with Gasteiger partial charge in [-0.1, -0.05) is 6.92 Å². The predicted molar refractivity (Wildman–Crippen MR) is 98.5 cm³/mol. The van der Waals surface area contributed by atoms with E-state index in [4.69, 9.17) is 10.7 Å². The molecule has 0 spiro atoms. The van der Waals surface area contributed by atoms with Gasteiger partial charge < -0.3 is 16.0 Å². The van der Waals surface area contributed by atoms with Crippen LogP contribution in [0.15, 0.2) is 6.07 Å². The van der Waals surface area contributed by atoms with Gasteiger partial charge in [0.2, 0.25) is 5.95 Å². The number of piperidine rings is 1. The van der Waals surface area contributed by atoms with Gasteiger partial charge in [0.1, 0.15) is 17.5 Å². The zero-order valence-electron chi connectivity index (χ0n) is 15.1. The number of aromatic nitrogens is 5. The van der Waals surface area contributed by atoms with E-state index in [1.54, 1.807) is 0 Å². The SMILES string of the molecule is CCCc1nc(C)cc(N2CCC(NCCc3nc(N)n[nH]3)CC2)n1. The Hall–Kier alpha value is -2.22. The van der Waals surface area contributed by atoms with Crippen LogP contribution in [0.1, 0.15) is 43.5 Å². The molecule has 4 N–H and O–H groups in total. The molecule has 1 fully saturated rings. The lowest BCUT2D eigenvalue weighted by Crippen LogP contribution is -2.43. The van der Waals surface area contributed by atoms with Gasteiger partial charge in [-0.3, -0.25) is 5.10 Å². The molecule has 2 aromatic heterocycles. The maximum atomic E-state index is 5.51. The molecule has 0 amide bonds. The van der Waals surface area contributed by atoms with Crippen molar-refractivity contribution in [2.45, 2.75) is 52.0 Å². The van der Waals surface area contributed by atoms with Gasteiger partial charge in [-0.15, -0.1) is 5.10 Å². The van der Waals surface area contributed by atoms with E-state index < -0.39 is 0 Å². The Morgan fingerprint density at radius 3 is 2.72 bits per heavy atom. The highest BCUT2D eigenvalue weighted by molar-refractivity contribution is 5.40. The van der Waals surface area contributed by atoms with Crippen LogP contribution in [-0.2, 0) is 12.8 Å². The average molecular weight is 344 g/mol. The van der Waals surface area contributed by atoms with Crippen molar-refractivity contribution in [1.82, 2.24) is 30.5 Å². The van der Waals surface area contributed by atoms with Crippen molar-refractivity contribution in [3.63, 3.8) is 0 Å². The Bertz CT molecular complexity index is 675. The number of nitrogens with two attached hydrogens (primary N) is 1. The number of nitrogen functional groups attached to an aromatic ring is 1. The molecule has 0 saturated carbocycles. The summed E-state index contributed by atoms with van der Waals surface area (Å²) in [5.41, 5.74) is 6.57. The molecule has 25 heavy (non-hydrogen) atoms. The van der Waals surface area contributed by atoms with Crippen molar-refractivity contribution < 1.29 is 0 Å². The lowest BCUT2D eigenvalue weighted by Gasteiger charge is -2.33. The Labute approximate surface area is 148 Å². The minimum atomic E-state index is 0.311. The quantitative estimate of drug-likeness (QED) is 0.693. The number of aryl methyl sites for hydroxylation is 2. The molecule has 1 aliphatic rings. The number of anilines is 2. The molecule has 2 aromatic rings. The molecule has 3 rings (SSSR count). The summed E-state index contributed by atoms with van der Waals surface area (Å²) in [4.78, 5) is 15.8. The van der Waals surface area contributed by atoms with E-state index in [1.165, 1.54) is 0 Å². The summed E-state index contributed by atoms with van der Waals surface area (Å²) in [6, 6.07) is 2.64. The molecule has 0 unspecified atom stereocenters. The summed E-state index contributed by atoms with van der Waals surface area (Å²) in [6.45, 7) is 7.14. The Kier molecular flexibility index (Phi) is 5.80. The van der Waals surface area contributed by atoms with E-state index in [1.807, 2.05) is 0 Å². The predicted octanol–water partition coefficient (Wildman–Crippen LogP) is 1.24. The van der Waals surface area contributed by atoms with Crippen molar-refractivity contribution in [1.29, 1.82) is 0 Å². The second-order valence-electron chi connectivity index (χ2n) is 6.64. The average Bonchev–Trinajstić information content (AvgIpc) is 3.01. The number of nitrogens with zero attached hydrogens (tertiary/aromatic N) is 5. The molecular formula is C17H28N8. The Morgan fingerprint density at radius 1 is 1.24 bits per heavy atom. The third kappa shape index (κ3) is 4.88. The first-order valence-electron chi connectivity index (χ1n) is 9.13. The van der Waals surface area contributed by atoms with Crippen LogP contribution in [0.4, 0.5) is 11.8 Å². The summed E-state index contributed by atoms with van der Waals surface area (Å²) in [5, 5.41) is 10.3. The standard InChI is InChI=1S/C17H28N8/c1-3-4-14-20-12(2)11-16(21-14)25-9-6-13(7-10-25)19-8-5-15-22-17(18)24-23-15/h11,13,19H,3-10H2,1-2H3,(H3,18,22,23,24). The maximum Gasteiger partial charge on any atom is 0.239 e. The number of H-pyrrole nitrogens is 1. The van der Waals surface area contributed by atoms with Gasteiger partial charge in [-0.25, -0.2) is 9.97 Å². The van der Waals surface area contributed by atoms with Gasteiger partial charge in [0.25, 0.3) is 0 Å². The normalized spacial score (nSPS) is 15.7. The zero-order valence-corrected chi connectivity index (χ0v) is 15.1. The van der Waals surface area contributed by atoms with Crippen molar-refractivity contribution in [3.05, 3.63) is 23.4 Å². The summed E-state index contributed by atoms with van der Waals surface area (Å²) in [5.74, 6) is 3.18. The molecule has 1 aliphatic heterocycles. The first kappa shape index (κ1) is 17.6. The molecule has 0 radical (unpaired) electrons. The van der Waals surface area contributed by atoms with E-state index in [0.29, 0.717) is 12.0 Å². The summed E-state index contributed by atoms with van der Waals surface area (Å²) < 4.78 is 0. The molecule has 0 bridgehead atoms. The summed E-state index contributed by atoms with van der Waals surface area (Å²) in [6.07, 6.45) is 5.07. The fraction of sp³-hybridized carbons (Fsp3) is 0.647. The van der Waals surface area contributed by atoms with E-state index in [2.05, 4.69) is 50.3 Å². The van der Waals surface area contributed by atoms with Gasteiger partial charge in [0.05, 0.1) is 0 Å². The second kappa shape index (κ2) is 8.24. The minimum Gasteiger partial charge on any atom is -0.367 e. The topological polar surface area (TPSA) is 109 Å². The van der Waals surface area contributed by atoms with Gasteiger partial charge in [0, 0.05) is 50.3 Å². The summed E-state index contributed by atoms with van der Waals surface area (Å²) in [7, 11) is 0. The van der Waals surface area contributed by atoms with E-state index in [0.717, 1.165) is 74.9 Å². The Balaban J connectivity index is 1.46. The van der Waals surface area contributed by atoms with Gasteiger partial charge in [0.15, 0.2) is 0 Å². The van der Waals surface area contributed by atoms with Crippen LogP contribution in [-0.4, -0.2) is 50.8 Å². The first-order chi connectivity index (χ1) is 12.1. The molecule has 0 aromatic carbocycles. The van der Waals surface area contributed by atoms with Gasteiger partial charge >= 0.3 is 0 Å². The largest absolute Gasteiger partial charge is 0.367 e. The smallest absolute Gasteiger partial charge is 0.239 e. The zero-order chi connectivity index (χ0) is 17.6. The monoisotopic (exact) mass is 344 g/mol. The molecule has 8 heteroatoms. The fourth-order valence-corrected chi connectivity index (χ4v) is 3.24. The second-order valence-corrected chi connectivity index (χ2v) is 6.64. The van der Waals surface area contributed by atoms with Crippen LogP contribution in [0.3, 0.4) is 0 Å². The molecule has 3 heterocycles. The van der Waals surface area contributed by atoms with E-state index >= 15 is 0 Å². The highest BCUT2D eigenvalue weighted by atomic mass is 15.3. The first-order valence-corrected chi connectivity index (χ1v) is 9.13. The maximum absolute atomic E-state index is 5.51. The molecule has 8 nitrogen and oxygen atoms in total. The van der Waals surface area contributed by atoms with Crippen LogP contribution >= 0.6 is 0 Å². The van der Waals surface area contributed by atoms with Crippen molar-refractivity contribution in [2.75, 3.05) is 30.3 Å². The number of nitrogens with one attached hydrogen (secondary N) is 2. The number of hydrogen-bond donors (Lipinski definition) is 3. The van der Waals surface area contributed by atoms with Gasteiger partial charge in [-0.05, 0) is 26.2 Å². The molecular weight excluding hydrogens is 316 g/mol. The van der Waals surface area contributed by atoms with Crippen molar-refractivity contribution in [3.8, 4) is 0 Å². The summed E-state index contributed by atoms with van der Waals surface area (Å²) >= 11 is 0. The van der Waals surface area contributed by atoms with Crippen LogP contribution < -0.4 is 16.0 Å². The van der Waals surface area contributed by atoms with E-state index in [-0.39, 0.29) is 0 Å². The number of hydrogen-bond acceptors (Lipinski definition) is 7. The van der Waals surface area contributed by atoms with Crippen LogP contribution in [0.5, 0.6) is 0 Å². The molecule has 136 valence electrons. The fourth-order valence-electron chi connectivity index (χ4n) is 3.24. The molecule has 0 atom stereocenters. The lowest BCUT2D eigenvalue weighted by atomic mass is 10.0. The van der Waals surface area contributed by atoms with E-state index in [9.17, 15) is 0 Å². The van der Waals surface area contributed by atoms with Crippen molar-refractivity contribution >= 4 is 11.8 Å². The van der Waals surface area contributed by atoms with Gasteiger partial charge in [-0.2, -0.15) is 4.98 Å². The Morgan fingerprint density at radius 2 is 2.04 bits per heavy atom.